The zero-order valence-corrected chi connectivity index (χ0v) is 10.6. The van der Waals surface area contributed by atoms with Crippen molar-refractivity contribution >= 4 is 17.3 Å². The van der Waals surface area contributed by atoms with Crippen molar-refractivity contribution in [3.8, 4) is 5.75 Å². The molecule has 0 heterocycles. The maximum atomic E-state index is 12.9. The molecule has 2 N–H and O–H groups in total. The number of phenols is 1. The Morgan fingerprint density at radius 3 is 2.72 bits per heavy atom. The third kappa shape index (κ3) is 2.93. The van der Waals surface area contributed by atoms with Crippen LogP contribution < -0.4 is 5.32 Å². The Kier molecular flexibility index (Phi) is 3.72. The summed E-state index contributed by atoms with van der Waals surface area (Å²) in [4.78, 5) is 0. The van der Waals surface area contributed by atoms with Gasteiger partial charge in [-0.2, -0.15) is 0 Å². The number of nitrogens with one attached hydrogen (secondary N) is 1. The molecule has 18 heavy (non-hydrogen) atoms. The highest BCUT2D eigenvalue weighted by molar-refractivity contribution is 6.33. The average Bonchev–Trinajstić information content (AvgIpc) is 2.32. The van der Waals surface area contributed by atoms with E-state index in [-0.39, 0.29) is 11.6 Å². The summed E-state index contributed by atoms with van der Waals surface area (Å²) in [5.74, 6) is -0.143. The molecule has 0 atom stereocenters. The summed E-state index contributed by atoms with van der Waals surface area (Å²) in [6.07, 6.45) is 0. The molecule has 2 nitrogen and oxygen atoms in total. The van der Waals surface area contributed by atoms with Crippen molar-refractivity contribution in [1.82, 2.24) is 0 Å². The van der Waals surface area contributed by atoms with E-state index in [4.69, 9.17) is 11.6 Å². The molecule has 0 bridgehead atoms. The van der Waals surface area contributed by atoms with Gasteiger partial charge in [-0.3, -0.25) is 0 Å². The molecule has 2 aromatic carbocycles. The first-order valence-corrected chi connectivity index (χ1v) is 5.91. The highest BCUT2D eigenvalue weighted by Gasteiger charge is 2.04. The van der Waals surface area contributed by atoms with Crippen molar-refractivity contribution in [1.29, 1.82) is 0 Å². The van der Waals surface area contributed by atoms with E-state index in [1.54, 1.807) is 12.1 Å². The van der Waals surface area contributed by atoms with Gasteiger partial charge in [0.2, 0.25) is 0 Å². The summed E-state index contributed by atoms with van der Waals surface area (Å²) in [5, 5.41) is 13.1. The Labute approximate surface area is 110 Å². The second-order valence-corrected chi connectivity index (χ2v) is 4.52. The second kappa shape index (κ2) is 5.27. The first kappa shape index (κ1) is 12.7. The number of hydrogen-bond acceptors (Lipinski definition) is 2. The van der Waals surface area contributed by atoms with Crippen molar-refractivity contribution in [2.45, 2.75) is 13.5 Å². The molecule has 0 unspecified atom stereocenters. The Morgan fingerprint density at radius 1 is 1.22 bits per heavy atom. The van der Waals surface area contributed by atoms with Crippen LogP contribution in [0.15, 0.2) is 36.4 Å². The zero-order chi connectivity index (χ0) is 13.1. The summed E-state index contributed by atoms with van der Waals surface area (Å²) in [5.41, 5.74) is 2.48. The molecule has 0 aliphatic rings. The van der Waals surface area contributed by atoms with Gasteiger partial charge in [0.15, 0.2) is 0 Å². The fourth-order valence-corrected chi connectivity index (χ4v) is 1.91. The third-order valence-corrected chi connectivity index (χ3v) is 2.95. The van der Waals surface area contributed by atoms with Crippen molar-refractivity contribution in [3.63, 3.8) is 0 Å². The van der Waals surface area contributed by atoms with Gasteiger partial charge in [-0.1, -0.05) is 29.3 Å². The van der Waals surface area contributed by atoms with Crippen molar-refractivity contribution in [2.75, 3.05) is 5.32 Å². The lowest BCUT2D eigenvalue weighted by Gasteiger charge is -2.10. The monoisotopic (exact) mass is 265 g/mol. The molecule has 0 spiro atoms. The van der Waals surface area contributed by atoms with Crippen molar-refractivity contribution in [2.24, 2.45) is 0 Å². The van der Waals surface area contributed by atoms with Crippen LogP contribution in [0.4, 0.5) is 10.1 Å². The summed E-state index contributed by atoms with van der Waals surface area (Å²) in [6, 6.07) is 9.54. The zero-order valence-electron chi connectivity index (χ0n) is 9.87. The average molecular weight is 266 g/mol. The number of hydrogen-bond donors (Lipinski definition) is 2. The van der Waals surface area contributed by atoms with Gasteiger partial charge >= 0.3 is 0 Å². The molecule has 2 aromatic rings. The van der Waals surface area contributed by atoms with Gasteiger partial charge in [0.1, 0.15) is 11.6 Å². The van der Waals surface area contributed by atoms with Crippen LogP contribution in [0.5, 0.6) is 5.75 Å². The molecule has 0 saturated heterocycles. The van der Waals surface area contributed by atoms with Gasteiger partial charge in [-0.05, 0) is 31.2 Å². The molecule has 0 amide bonds. The minimum Gasteiger partial charge on any atom is -0.508 e. The minimum atomic E-state index is -0.371. The minimum absolute atomic E-state index is 0.228. The van der Waals surface area contributed by atoms with Gasteiger partial charge in [-0.25, -0.2) is 4.39 Å². The molecular weight excluding hydrogens is 253 g/mol. The highest BCUT2D eigenvalue weighted by Crippen LogP contribution is 2.25. The van der Waals surface area contributed by atoms with Crippen LogP contribution in [0.2, 0.25) is 5.02 Å². The molecule has 0 aliphatic carbocycles. The summed E-state index contributed by atoms with van der Waals surface area (Å²) in [6.45, 7) is 2.38. The van der Waals surface area contributed by atoms with Crippen LogP contribution in [-0.2, 0) is 6.54 Å². The van der Waals surface area contributed by atoms with Gasteiger partial charge in [0.05, 0.1) is 10.7 Å². The topological polar surface area (TPSA) is 32.3 Å². The van der Waals surface area contributed by atoms with Crippen LogP contribution in [0.3, 0.4) is 0 Å². The van der Waals surface area contributed by atoms with Crippen LogP contribution in [0, 0.1) is 12.7 Å². The van der Waals surface area contributed by atoms with E-state index < -0.39 is 0 Å². The molecule has 0 aromatic heterocycles. The van der Waals surface area contributed by atoms with Crippen molar-refractivity contribution in [3.05, 3.63) is 58.4 Å². The molecule has 2 rings (SSSR count). The Hall–Kier alpha value is -1.74. The summed E-state index contributed by atoms with van der Waals surface area (Å²) >= 11 is 5.90. The summed E-state index contributed by atoms with van der Waals surface area (Å²) in [7, 11) is 0. The SMILES string of the molecule is Cc1ccc(O)c(CNc2ccc(F)cc2Cl)c1. The second-order valence-electron chi connectivity index (χ2n) is 4.11. The Bertz CT molecular complexity index is 572. The smallest absolute Gasteiger partial charge is 0.124 e. The molecule has 4 heteroatoms. The number of phenolic OH excluding ortho intramolecular Hbond substituents is 1. The lowest BCUT2D eigenvalue weighted by molar-refractivity contribution is 0.469. The number of aryl methyl sites for hydroxylation is 1. The maximum Gasteiger partial charge on any atom is 0.124 e. The normalized spacial score (nSPS) is 10.4. The predicted octanol–water partition coefficient (Wildman–Crippen LogP) is 4.11. The Balaban J connectivity index is 2.13. The fraction of sp³-hybridized carbons (Fsp3) is 0.143. The summed E-state index contributed by atoms with van der Waals surface area (Å²) < 4.78 is 12.9. The van der Waals surface area contributed by atoms with Crippen LogP contribution in [0.1, 0.15) is 11.1 Å². The molecule has 94 valence electrons. The van der Waals surface area contributed by atoms with E-state index in [0.29, 0.717) is 17.3 Å². The first-order chi connectivity index (χ1) is 8.56. The maximum absolute atomic E-state index is 12.9. The largest absolute Gasteiger partial charge is 0.508 e. The van der Waals surface area contributed by atoms with Gasteiger partial charge in [0.25, 0.3) is 0 Å². The van der Waals surface area contributed by atoms with E-state index in [1.807, 2.05) is 19.1 Å². The molecule has 0 fully saturated rings. The number of benzene rings is 2. The van der Waals surface area contributed by atoms with Crippen LogP contribution >= 0.6 is 11.6 Å². The molecule has 0 aliphatic heterocycles. The lowest BCUT2D eigenvalue weighted by Crippen LogP contribution is -2.00. The van der Waals surface area contributed by atoms with Gasteiger partial charge < -0.3 is 10.4 Å². The number of rotatable bonds is 3. The van der Waals surface area contributed by atoms with E-state index in [1.165, 1.54) is 12.1 Å². The van der Waals surface area contributed by atoms with Crippen LogP contribution in [0.25, 0.3) is 0 Å². The van der Waals surface area contributed by atoms with Gasteiger partial charge in [-0.15, -0.1) is 0 Å². The van der Waals surface area contributed by atoms with E-state index >= 15 is 0 Å². The lowest BCUT2D eigenvalue weighted by atomic mass is 10.1. The molecular formula is C14H13ClFNO. The van der Waals surface area contributed by atoms with E-state index in [0.717, 1.165) is 11.1 Å². The predicted molar refractivity (Wildman–Crippen MR) is 71.6 cm³/mol. The number of halogens is 2. The molecule has 0 radical (unpaired) electrons. The van der Waals surface area contributed by atoms with Crippen molar-refractivity contribution < 1.29 is 9.50 Å². The molecule has 0 saturated carbocycles. The van der Waals surface area contributed by atoms with Gasteiger partial charge in [0, 0.05) is 12.1 Å². The standard InChI is InChI=1S/C14H13ClFNO/c1-9-2-5-14(18)10(6-9)8-17-13-4-3-11(16)7-12(13)15/h2-7,17-18H,8H2,1H3. The first-order valence-electron chi connectivity index (χ1n) is 5.53. The number of aromatic hydroxyl groups is 1. The van der Waals surface area contributed by atoms with E-state index in [2.05, 4.69) is 5.32 Å². The highest BCUT2D eigenvalue weighted by atomic mass is 35.5. The number of anilines is 1. The van der Waals surface area contributed by atoms with Crippen LogP contribution in [-0.4, -0.2) is 5.11 Å². The Morgan fingerprint density at radius 2 is 2.00 bits per heavy atom. The van der Waals surface area contributed by atoms with E-state index in [9.17, 15) is 9.50 Å². The third-order valence-electron chi connectivity index (χ3n) is 2.64. The fourth-order valence-electron chi connectivity index (χ4n) is 1.68. The quantitative estimate of drug-likeness (QED) is 0.875.